The van der Waals surface area contributed by atoms with Gasteiger partial charge in [0, 0.05) is 33.3 Å². The first-order chi connectivity index (χ1) is 14.0. The predicted octanol–water partition coefficient (Wildman–Crippen LogP) is 5.39. The number of benzene rings is 1. The fraction of sp³-hybridized carbons (Fsp3) is 0.381. The Balaban J connectivity index is 1.33. The maximum Gasteiger partial charge on any atom is 0.229 e. The number of hydrogen-bond acceptors (Lipinski definition) is 6. The van der Waals surface area contributed by atoms with Gasteiger partial charge in [0.25, 0.3) is 0 Å². The first-order valence-corrected chi connectivity index (χ1v) is 11.7. The quantitative estimate of drug-likeness (QED) is 0.571. The van der Waals surface area contributed by atoms with Gasteiger partial charge in [-0.15, -0.1) is 22.7 Å². The van der Waals surface area contributed by atoms with Gasteiger partial charge in [0.1, 0.15) is 0 Å². The summed E-state index contributed by atoms with van der Waals surface area (Å²) in [5.41, 5.74) is 3.04. The van der Waals surface area contributed by atoms with Crippen LogP contribution in [-0.2, 0) is 11.3 Å². The van der Waals surface area contributed by atoms with Gasteiger partial charge < -0.3 is 5.32 Å². The van der Waals surface area contributed by atoms with Crippen molar-refractivity contribution in [2.75, 3.05) is 18.4 Å². The third-order valence-corrected chi connectivity index (χ3v) is 7.12. The van der Waals surface area contributed by atoms with Gasteiger partial charge in [0.15, 0.2) is 5.13 Å². The minimum Gasteiger partial charge on any atom is -0.302 e. The van der Waals surface area contributed by atoms with Crippen LogP contribution in [0.4, 0.5) is 5.13 Å². The van der Waals surface area contributed by atoms with E-state index in [1.807, 2.05) is 38.1 Å². The van der Waals surface area contributed by atoms with Crippen LogP contribution in [0.25, 0.3) is 11.3 Å². The number of hydrogen-bond donors (Lipinski definition) is 1. The lowest BCUT2D eigenvalue weighted by atomic mass is 9.96. The lowest BCUT2D eigenvalue weighted by molar-refractivity contribution is -0.121. The number of thiazole rings is 2. The van der Waals surface area contributed by atoms with Gasteiger partial charge >= 0.3 is 0 Å². The summed E-state index contributed by atoms with van der Waals surface area (Å²) in [6.45, 7) is 6.76. The summed E-state index contributed by atoms with van der Waals surface area (Å²) in [4.78, 5) is 25.4. The maximum absolute atomic E-state index is 12.7. The van der Waals surface area contributed by atoms with Gasteiger partial charge in [-0.1, -0.05) is 23.7 Å². The van der Waals surface area contributed by atoms with Crippen LogP contribution in [0, 0.1) is 19.8 Å². The molecule has 8 heteroatoms. The van der Waals surface area contributed by atoms with Crippen molar-refractivity contribution in [1.29, 1.82) is 0 Å². The average Bonchev–Trinajstić information content (AvgIpc) is 3.28. The summed E-state index contributed by atoms with van der Waals surface area (Å²) in [5, 5.41) is 7.63. The van der Waals surface area contributed by atoms with Gasteiger partial charge in [-0.05, 0) is 51.9 Å². The van der Waals surface area contributed by atoms with Crippen LogP contribution in [0.1, 0.15) is 28.4 Å². The second-order valence-corrected chi connectivity index (χ2v) is 10.0. The van der Waals surface area contributed by atoms with Crippen LogP contribution in [-0.4, -0.2) is 33.9 Å². The van der Waals surface area contributed by atoms with Gasteiger partial charge in [-0.3, -0.25) is 9.69 Å². The molecule has 1 aliphatic rings. The van der Waals surface area contributed by atoms with Crippen molar-refractivity contribution in [3.63, 3.8) is 0 Å². The van der Waals surface area contributed by atoms with Crippen LogP contribution >= 0.6 is 34.3 Å². The molecule has 0 saturated carbocycles. The molecule has 2 aromatic heterocycles. The number of rotatable bonds is 5. The normalized spacial score (nSPS) is 15.6. The number of aryl methyl sites for hydroxylation is 2. The number of nitrogens with zero attached hydrogens (tertiary/aromatic N) is 3. The smallest absolute Gasteiger partial charge is 0.229 e. The molecule has 1 aliphatic heterocycles. The fourth-order valence-corrected chi connectivity index (χ4v) is 5.16. The molecule has 5 nitrogen and oxygen atoms in total. The Morgan fingerprint density at radius 3 is 2.59 bits per heavy atom. The topological polar surface area (TPSA) is 58.1 Å². The van der Waals surface area contributed by atoms with E-state index in [2.05, 4.69) is 25.6 Å². The van der Waals surface area contributed by atoms with Gasteiger partial charge in [-0.2, -0.15) is 0 Å². The largest absolute Gasteiger partial charge is 0.302 e. The van der Waals surface area contributed by atoms with Gasteiger partial charge in [0.05, 0.1) is 16.4 Å². The highest BCUT2D eigenvalue weighted by molar-refractivity contribution is 7.16. The Morgan fingerprint density at radius 2 is 1.93 bits per heavy atom. The summed E-state index contributed by atoms with van der Waals surface area (Å²) in [6.07, 6.45) is 1.73. The summed E-state index contributed by atoms with van der Waals surface area (Å²) < 4.78 is 0. The van der Waals surface area contributed by atoms with E-state index < -0.39 is 0 Å². The molecule has 0 aliphatic carbocycles. The molecule has 3 aromatic rings. The van der Waals surface area contributed by atoms with Crippen LogP contribution in [0.5, 0.6) is 0 Å². The van der Waals surface area contributed by atoms with E-state index in [-0.39, 0.29) is 11.8 Å². The monoisotopic (exact) mass is 446 g/mol. The van der Waals surface area contributed by atoms with E-state index >= 15 is 0 Å². The van der Waals surface area contributed by atoms with Crippen molar-refractivity contribution in [2.24, 2.45) is 5.92 Å². The third-order valence-electron chi connectivity index (χ3n) is 5.15. The van der Waals surface area contributed by atoms with E-state index in [0.717, 1.165) is 59.3 Å². The second-order valence-electron chi connectivity index (χ2n) is 7.33. The van der Waals surface area contributed by atoms with Gasteiger partial charge in [0.2, 0.25) is 5.91 Å². The number of anilines is 1. The second kappa shape index (κ2) is 8.92. The minimum atomic E-state index is 0.0339. The van der Waals surface area contributed by atoms with Crippen molar-refractivity contribution in [3.05, 3.63) is 50.2 Å². The van der Waals surface area contributed by atoms with Crippen LogP contribution in [0.15, 0.2) is 29.6 Å². The van der Waals surface area contributed by atoms with E-state index in [0.29, 0.717) is 10.2 Å². The highest BCUT2D eigenvalue weighted by Gasteiger charge is 2.26. The summed E-state index contributed by atoms with van der Waals surface area (Å²) >= 11 is 9.18. The predicted molar refractivity (Wildman–Crippen MR) is 121 cm³/mol. The molecule has 1 N–H and O–H groups in total. The first-order valence-electron chi connectivity index (χ1n) is 9.65. The molecule has 0 unspecified atom stereocenters. The Bertz CT molecular complexity index is 991. The number of amides is 1. The molecule has 0 spiro atoms. The summed E-state index contributed by atoms with van der Waals surface area (Å²) in [7, 11) is 0. The highest BCUT2D eigenvalue weighted by atomic mass is 35.5. The van der Waals surface area contributed by atoms with E-state index in [1.54, 1.807) is 11.3 Å². The molecule has 1 saturated heterocycles. The lowest BCUT2D eigenvalue weighted by Gasteiger charge is -2.30. The van der Waals surface area contributed by atoms with Crippen LogP contribution in [0.2, 0.25) is 5.02 Å². The van der Waals surface area contributed by atoms with Crippen molar-refractivity contribution >= 4 is 45.3 Å². The molecular formula is C21H23ClN4OS2. The standard InChI is InChI=1S/C21H23ClN4OS2/c1-13-19(15-3-5-17(22)6-4-15)24-21(29-13)25-20(27)16-7-9-26(10-8-16)11-18-12-28-14(2)23-18/h3-6,12,16H,7-11H2,1-2H3,(H,24,25,27). The number of aromatic nitrogens is 2. The molecule has 29 heavy (non-hydrogen) atoms. The molecule has 1 fully saturated rings. The lowest BCUT2D eigenvalue weighted by Crippen LogP contribution is -2.37. The van der Waals surface area contributed by atoms with Crippen molar-refractivity contribution in [1.82, 2.24) is 14.9 Å². The Kier molecular flexibility index (Phi) is 6.29. The number of halogens is 1. The Hall–Kier alpha value is -1.80. The Morgan fingerprint density at radius 1 is 1.21 bits per heavy atom. The highest BCUT2D eigenvalue weighted by Crippen LogP contribution is 2.31. The third kappa shape index (κ3) is 5.04. The van der Waals surface area contributed by atoms with Crippen LogP contribution in [0.3, 0.4) is 0 Å². The maximum atomic E-state index is 12.7. The number of likely N-dealkylation sites (tertiary alicyclic amines) is 1. The molecule has 0 bridgehead atoms. The minimum absolute atomic E-state index is 0.0339. The average molecular weight is 447 g/mol. The zero-order chi connectivity index (χ0) is 20.4. The summed E-state index contributed by atoms with van der Waals surface area (Å²) in [6, 6.07) is 7.62. The van der Waals surface area contributed by atoms with E-state index in [1.165, 1.54) is 11.3 Å². The molecule has 4 rings (SSSR count). The number of piperidine rings is 1. The molecule has 0 radical (unpaired) electrons. The molecule has 152 valence electrons. The zero-order valence-corrected chi connectivity index (χ0v) is 18.8. The number of carbonyl (C=O) groups excluding carboxylic acids is 1. The number of nitrogens with one attached hydrogen (secondary N) is 1. The fourth-order valence-electron chi connectivity index (χ4n) is 3.60. The first kappa shape index (κ1) is 20.5. The van der Waals surface area contributed by atoms with Gasteiger partial charge in [-0.25, -0.2) is 9.97 Å². The van der Waals surface area contributed by atoms with Crippen molar-refractivity contribution in [2.45, 2.75) is 33.2 Å². The molecule has 1 aromatic carbocycles. The van der Waals surface area contributed by atoms with E-state index in [4.69, 9.17) is 11.6 Å². The zero-order valence-electron chi connectivity index (χ0n) is 16.4. The van der Waals surface area contributed by atoms with E-state index in [9.17, 15) is 4.79 Å². The summed E-state index contributed by atoms with van der Waals surface area (Å²) in [5.74, 6) is 0.108. The Labute approximate surface area is 183 Å². The SMILES string of the molecule is Cc1nc(CN2CCC(C(=O)Nc3nc(-c4ccc(Cl)cc4)c(C)s3)CC2)cs1. The number of carbonyl (C=O) groups is 1. The molecular weight excluding hydrogens is 424 g/mol. The van der Waals surface area contributed by atoms with Crippen molar-refractivity contribution < 1.29 is 4.79 Å². The molecule has 3 heterocycles. The molecule has 0 atom stereocenters. The van der Waals surface area contributed by atoms with Crippen LogP contribution < -0.4 is 5.32 Å². The van der Waals surface area contributed by atoms with Crippen molar-refractivity contribution in [3.8, 4) is 11.3 Å². The molecule has 1 amide bonds.